The molecule has 0 spiro atoms. The first-order valence-corrected chi connectivity index (χ1v) is 6.03. The number of rotatable bonds is 3. The van der Waals surface area contributed by atoms with Crippen LogP contribution in [0.25, 0.3) is 0 Å². The van der Waals surface area contributed by atoms with Crippen LogP contribution in [-0.2, 0) is 4.74 Å². The van der Waals surface area contributed by atoms with Crippen molar-refractivity contribution < 1.29 is 9.53 Å². The molecule has 0 aliphatic carbocycles. The SMILES string of the molecule is CN(CC1CCCO1)C(=O)c1cnccc1Cl. The van der Waals surface area contributed by atoms with Crippen LogP contribution in [-0.4, -0.2) is 42.1 Å². The van der Waals surface area contributed by atoms with Gasteiger partial charge in [0, 0.05) is 32.6 Å². The molecule has 1 amide bonds. The van der Waals surface area contributed by atoms with Crippen molar-refractivity contribution in [3.63, 3.8) is 0 Å². The molecule has 4 nitrogen and oxygen atoms in total. The fraction of sp³-hybridized carbons (Fsp3) is 0.500. The maximum atomic E-state index is 12.1. The highest BCUT2D eigenvalue weighted by Crippen LogP contribution is 2.17. The number of aromatic nitrogens is 1. The van der Waals surface area contributed by atoms with Gasteiger partial charge in [0.2, 0.25) is 0 Å². The first kappa shape index (κ1) is 12.3. The molecule has 0 radical (unpaired) electrons. The van der Waals surface area contributed by atoms with E-state index in [-0.39, 0.29) is 12.0 Å². The van der Waals surface area contributed by atoms with Crippen LogP contribution in [0.15, 0.2) is 18.5 Å². The van der Waals surface area contributed by atoms with Crippen molar-refractivity contribution in [3.8, 4) is 0 Å². The van der Waals surface area contributed by atoms with E-state index < -0.39 is 0 Å². The highest BCUT2D eigenvalue weighted by atomic mass is 35.5. The molecule has 1 aliphatic rings. The number of hydrogen-bond acceptors (Lipinski definition) is 3. The number of amides is 1. The molecule has 0 saturated carbocycles. The summed E-state index contributed by atoms with van der Waals surface area (Å²) in [7, 11) is 1.76. The predicted octanol–water partition coefficient (Wildman–Crippen LogP) is 1.99. The molecule has 5 heteroatoms. The fourth-order valence-corrected chi connectivity index (χ4v) is 2.10. The zero-order chi connectivity index (χ0) is 12.3. The molecule has 0 bridgehead atoms. The molecular weight excluding hydrogens is 240 g/mol. The third-order valence-electron chi connectivity index (χ3n) is 2.85. The summed E-state index contributed by atoms with van der Waals surface area (Å²) in [6.45, 7) is 1.39. The average molecular weight is 255 g/mol. The monoisotopic (exact) mass is 254 g/mol. The molecule has 2 heterocycles. The molecule has 2 rings (SSSR count). The third-order valence-corrected chi connectivity index (χ3v) is 3.18. The Morgan fingerprint density at radius 2 is 2.53 bits per heavy atom. The van der Waals surface area contributed by atoms with Crippen LogP contribution in [0.5, 0.6) is 0 Å². The minimum absolute atomic E-state index is 0.112. The summed E-state index contributed by atoms with van der Waals surface area (Å²) >= 11 is 5.96. The predicted molar refractivity (Wildman–Crippen MR) is 65.2 cm³/mol. The summed E-state index contributed by atoms with van der Waals surface area (Å²) in [5, 5.41) is 0.434. The van der Waals surface area contributed by atoms with E-state index in [2.05, 4.69) is 4.98 Å². The minimum atomic E-state index is -0.112. The van der Waals surface area contributed by atoms with Gasteiger partial charge in [-0.25, -0.2) is 0 Å². The van der Waals surface area contributed by atoms with E-state index in [4.69, 9.17) is 16.3 Å². The normalized spacial score (nSPS) is 19.3. The number of nitrogens with zero attached hydrogens (tertiary/aromatic N) is 2. The van der Waals surface area contributed by atoms with Crippen LogP contribution in [0, 0.1) is 0 Å². The van der Waals surface area contributed by atoms with E-state index in [0.717, 1.165) is 19.4 Å². The quantitative estimate of drug-likeness (QED) is 0.828. The maximum Gasteiger partial charge on any atom is 0.256 e. The smallest absolute Gasteiger partial charge is 0.256 e. The molecule has 0 aromatic carbocycles. The minimum Gasteiger partial charge on any atom is -0.376 e. The van der Waals surface area contributed by atoms with E-state index >= 15 is 0 Å². The molecule has 17 heavy (non-hydrogen) atoms. The summed E-state index contributed by atoms with van der Waals surface area (Å²) in [6.07, 6.45) is 5.30. The van der Waals surface area contributed by atoms with Gasteiger partial charge in [-0.1, -0.05) is 11.6 Å². The second-order valence-electron chi connectivity index (χ2n) is 4.18. The van der Waals surface area contributed by atoms with Crippen LogP contribution < -0.4 is 0 Å². The Morgan fingerprint density at radius 1 is 1.71 bits per heavy atom. The van der Waals surface area contributed by atoms with E-state index in [9.17, 15) is 4.79 Å². The second kappa shape index (κ2) is 5.47. The van der Waals surface area contributed by atoms with Crippen LogP contribution in [0.2, 0.25) is 5.02 Å². The van der Waals surface area contributed by atoms with Gasteiger partial charge in [0.15, 0.2) is 0 Å². The van der Waals surface area contributed by atoms with Crippen molar-refractivity contribution in [2.24, 2.45) is 0 Å². The van der Waals surface area contributed by atoms with E-state index in [1.54, 1.807) is 24.2 Å². The van der Waals surface area contributed by atoms with Crippen LogP contribution in [0.3, 0.4) is 0 Å². The lowest BCUT2D eigenvalue weighted by molar-refractivity contribution is 0.0587. The first-order valence-electron chi connectivity index (χ1n) is 5.65. The number of carbonyl (C=O) groups excluding carboxylic acids is 1. The molecule has 1 fully saturated rings. The van der Waals surface area contributed by atoms with Gasteiger partial charge in [-0.3, -0.25) is 9.78 Å². The number of ether oxygens (including phenoxy) is 1. The molecule has 1 aromatic heterocycles. The lowest BCUT2D eigenvalue weighted by atomic mass is 10.2. The lowest BCUT2D eigenvalue weighted by Crippen LogP contribution is -2.34. The van der Waals surface area contributed by atoms with Crippen molar-refractivity contribution in [2.45, 2.75) is 18.9 Å². The molecule has 1 aliphatic heterocycles. The van der Waals surface area contributed by atoms with Crippen molar-refractivity contribution in [1.82, 2.24) is 9.88 Å². The van der Waals surface area contributed by atoms with Gasteiger partial charge in [-0.15, -0.1) is 0 Å². The van der Waals surface area contributed by atoms with Crippen molar-refractivity contribution in [2.75, 3.05) is 20.2 Å². The Bertz CT molecular complexity index is 405. The summed E-state index contributed by atoms with van der Waals surface area (Å²) in [5.41, 5.74) is 0.440. The van der Waals surface area contributed by atoms with E-state index in [0.29, 0.717) is 17.1 Å². The second-order valence-corrected chi connectivity index (χ2v) is 4.58. The van der Waals surface area contributed by atoms with Crippen molar-refractivity contribution in [1.29, 1.82) is 0 Å². The van der Waals surface area contributed by atoms with Gasteiger partial charge in [0.1, 0.15) is 0 Å². The zero-order valence-corrected chi connectivity index (χ0v) is 10.5. The topological polar surface area (TPSA) is 42.4 Å². The van der Waals surface area contributed by atoms with Gasteiger partial charge < -0.3 is 9.64 Å². The molecule has 92 valence electrons. The van der Waals surface area contributed by atoms with Gasteiger partial charge in [0.25, 0.3) is 5.91 Å². The summed E-state index contributed by atoms with van der Waals surface area (Å²) < 4.78 is 5.50. The van der Waals surface area contributed by atoms with Gasteiger partial charge in [0.05, 0.1) is 16.7 Å². The Morgan fingerprint density at radius 3 is 3.18 bits per heavy atom. The molecule has 1 saturated heterocycles. The Hall–Kier alpha value is -1.13. The first-order chi connectivity index (χ1) is 8.18. The van der Waals surface area contributed by atoms with Crippen molar-refractivity contribution in [3.05, 3.63) is 29.0 Å². The molecule has 1 aromatic rings. The molecular formula is C12H15ClN2O2. The fourth-order valence-electron chi connectivity index (χ4n) is 1.92. The number of halogens is 1. The third kappa shape index (κ3) is 2.96. The Balaban J connectivity index is 2.01. The van der Waals surface area contributed by atoms with Gasteiger partial charge in [-0.05, 0) is 18.9 Å². The summed E-state index contributed by atoms with van der Waals surface area (Å²) in [6, 6.07) is 1.62. The highest BCUT2D eigenvalue weighted by molar-refractivity contribution is 6.33. The van der Waals surface area contributed by atoms with Crippen molar-refractivity contribution >= 4 is 17.5 Å². The van der Waals surface area contributed by atoms with E-state index in [1.165, 1.54) is 6.20 Å². The number of pyridine rings is 1. The highest BCUT2D eigenvalue weighted by Gasteiger charge is 2.21. The van der Waals surface area contributed by atoms with Crippen LogP contribution in [0.1, 0.15) is 23.2 Å². The zero-order valence-electron chi connectivity index (χ0n) is 9.73. The standard InChI is InChI=1S/C12H15ClN2O2/c1-15(8-9-3-2-6-17-9)12(16)10-7-14-5-4-11(10)13/h4-5,7,9H,2-3,6,8H2,1H3. The Kier molecular flexibility index (Phi) is 3.97. The molecule has 0 N–H and O–H groups in total. The van der Waals surface area contributed by atoms with Crippen LogP contribution >= 0.6 is 11.6 Å². The maximum absolute atomic E-state index is 12.1. The molecule has 1 unspecified atom stereocenters. The lowest BCUT2D eigenvalue weighted by Gasteiger charge is -2.21. The number of likely N-dealkylation sites (N-methyl/N-ethyl adjacent to an activating group) is 1. The van der Waals surface area contributed by atoms with Gasteiger partial charge >= 0.3 is 0 Å². The largest absolute Gasteiger partial charge is 0.376 e. The number of carbonyl (C=O) groups is 1. The Labute approximate surface area is 106 Å². The number of hydrogen-bond donors (Lipinski definition) is 0. The van der Waals surface area contributed by atoms with E-state index in [1.807, 2.05) is 0 Å². The average Bonchev–Trinajstić information content (AvgIpc) is 2.81. The van der Waals surface area contributed by atoms with Gasteiger partial charge in [-0.2, -0.15) is 0 Å². The molecule has 1 atom stereocenters. The summed E-state index contributed by atoms with van der Waals surface area (Å²) in [5.74, 6) is -0.112. The summed E-state index contributed by atoms with van der Waals surface area (Å²) in [4.78, 5) is 17.7. The van der Waals surface area contributed by atoms with Crippen LogP contribution in [0.4, 0.5) is 0 Å².